The van der Waals surface area contributed by atoms with Crippen LogP contribution in [0.25, 0.3) is 0 Å². The number of carbonyl (C=O) groups excluding carboxylic acids is 3. The van der Waals surface area contributed by atoms with E-state index in [9.17, 15) is 14.4 Å². The van der Waals surface area contributed by atoms with Gasteiger partial charge in [-0.2, -0.15) is 0 Å². The maximum atomic E-state index is 14.5. The molecule has 6 rings (SSSR count). The molecule has 0 aliphatic rings. The van der Waals surface area contributed by atoms with Gasteiger partial charge < -0.3 is 24.3 Å². The molecular weight excluding hydrogens is 665 g/mol. The Kier molecular flexibility index (Phi) is 11.8. The zero-order chi connectivity index (χ0) is 37.0. The third kappa shape index (κ3) is 8.70. The van der Waals surface area contributed by atoms with Gasteiger partial charge in [0.1, 0.15) is 24.7 Å². The molecule has 9 heteroatoms. The smallest absolute Gasteiger partial charge is 0.408 e. The Balaban J connectivity index is 1.38. The summed E-state index contributed by atoms with van der Waals surface area (Å²) in [6.07, 6.45) is 2.92. The van der Waals surface area contributed by atoms with Crippen molar-refractivity contribution in [3.05, 3.63) is 197 Å². The van der Waals surface area contributed by atoms with Crippen LogP contribution in [0.15, 0.2) is 158 Å². The Morgan fingerprint density at radius 1 is 0.736 bits per heavy atom. The van der Waals surface area contributed by atoms with Crippen molar-refractivity contribution in [3.8, 4) is 0 Å². The van der Waals surface area contributed by atoms with Crippen molar-refractivity contribution in [2.24, 2.45) is 0 Å². The highest BCUT2D eigenvalue weighted by atomic mass is 16.5. The van der Waals surface area contributed by atoms with Gasteiger partial charge in [-0.1, -0.05) is 151 Å². The first-order valence-corrected chi connectivity index (χ1v) is 17.4. The number of alkyl carbamates (subject to hydrolysis) is 1. The molecule has 0 aliphatic heterocycles. The van der Waals surface area contributed by atoms with Gasteiger partial charge in [-0.15, -0.1) is 0 Å². The Morgan fingerprint density at radius 2 is 1.26 bits per heavy atom. The number of imidazole rings is 1. The fourth-order valence-electron chi connectivity index (χ4n) is 6.52. The maximum Gasteiger partial charge on any atom is 0.408 e. The van der Waals surface area contributed by atoms with E-state index < -0.39 is 29.6 Å². The second-order valence-electron chi connectivity index (χ2n) is 12.8. The summed E-state index contributed by atoms with van der Waals surface area (Å²) in [7, 11) is 1.28. The third-order valence-corrected chi connectivity index (χ3v) is 9.17. The average molecular weight is 707 g/mol. The molecule has 9 nitrogen and oxygen atoms in total. The van der Waals surface area contributed by atoms with Crippen LogP contribution in [-0.4, -0.2) is 52.1 Å². The van der Waals surface area contributed by atoms with E-state index in [1.54, 1.807) is 6.33 Å². The second-order valence-corrected chi connectivity index (χ2v) is 12.8. The van der Waals surface area contributed by atoms with Crippen LogP contribution < -0.4 is 5.32 Å². The van der Waals surface area contributed by atoms with Crippen LogP contribution >= 0.6 is 0 Å². The highest BCUT2D eigenvalue weighted by Gasteiger charge is 2.39. The standard InChI is InChI=1S/C44H42N4O5/c1-33-23-25-34(26-24-33)28-47(30-41(49)52-2)42(50)40(46-43(51)53-31-35-15-7-3-8-16-35)27-39-29-48(32-45-39)44(36-17-9-4-10-18-36,37-19-11-5-12-20-37)38-21-13-6-14-22-38/h3-26,29,32,40H,27-28,30-31H2,1-2H3,(H,46,51)/t40-/m0/s1. The summed E-state index contributed by atoms with van der Waals surface area (Å²) in [5.74, 6) is -1.07. The molecule has 0 bridgehead atoms. The molecule has 268 valence electrons. The molecule has 0 aliphatic carbocycles. The SMILES string of the molecule is COC(=O)CN(Cc1ccc(C)cc1)C(=O)[C@H](Cc1cn(C(c2ccccc2)(c2ccccc2)c2ccccc2)cn1)NC(=O)OCc1ccccc1. The van der Waals surface area contributed by atoms with Gasteiger partial charge in [0.05, 0.1) is 19.1 Å². The summed E-state index contributed by atoms with van der Waals surface area (Å²) in [6, 6.07) is 46.4. The number of nitrogens with zero attached hydrogens (tertiary/aromatic N) is 3. The van der Waals surface area contributed by atoms with Crippen molar-refractivity contribution in [2.45, 2.75) is 38.1 Å². The fraction of sp³-hybridized carbons (Fsp3) is 0.182. The summed E-state index contributed by atoms with van der Waals surface area (Å²) in [4.78, 5) is 46.6. The van der Waals surface area contributed by atoms with Crippen LogP contribution in [0, 0.1) is 6.92 Å². The summed E-state index contributed by atoms with van der Waals surface area (Å²) >= 11 is 0. The van der Waals surface area contributed by atoms with E-state index in [0.29, 0.717) is 5.69 Å². The normalized spacial score (nSPS) is 11.7. The maximum absolute atomic E-state index is 14.5. The lowest BCUT2D eigenvalue weighted by Gasteiger charge is -2.37. The zero-order valence-electron chi connectivity index (χ0n) is 29.8. The van der Waals surface area contributed by atoms with Gasteiger partial charge in [-0.3, -0.25) is 9.59 Å². The first kappa shape index (κ1) is 36.3. The van der Waals surface area contributed by atoms with E-state index in [1.165, 1.54) is 12.0 Å². The van der Waals surface area contributed by atoms with Gasteiger partial charge in [0.15, 0.2) is 0 Å². The molecule has 0 spiro atoms. The molecule has 1 N–H and O–H groups in total. The molecule has 1 atom stereocenters. The van der Waals surface area contributed by atoms with Crippen molar-refractivity contribution in [2.75, 3.05) is 13.7 Å². The summed E-state index contributed by atoms with van der Waals surface area (Å²) in [5.41, 5.74) is 5.45. The molecular formula is C44H42N4O5. The topological polar surface area (TPSA) is 103 Å². The van der Waals surface area contributed by atoms with Gasteiger partial charge in [0.25, 0.3) is 0 Å². The predicted octanol–water partition coefficient (Wildman–Crippen LogP) is 7.07. The average Bonchev–Trinajstić information content (AvgIpc) is 3.67. The Bertz CT molecular complexity index is 1990. The molecule has 53 heavy (non-hydrogen) atoms. The highest BCUT2D eigenvalue weighted by Crippen LogP contribution is 2.40. The summed E-state index contributed by atoms with van der Waals surface area (Å²) in [5, 5.41) is 2.79. The van der Waals surface area contributed by atoms with Crippen molar-refractivity contribution in [1.82, 2.24) is 19.8 Å². The van der Waals surface area contributed by atoms with Crippen LogP contribution in [0.3, 0.4) is 0 Å². The van der Waals surface area contributed by atoms with Crippen LogP contribution in [0.2, 0.25) is 0 Å². The van der Waals surface area contributed by atoms with E-state index in [4.69, 9.17) is 14.5 Å². The van der Waals surface area contributed by atoms with Crippen molar-refractivity contribution < 1.29 is 23.9 Å². The van der Waals surface area contributed by atoms with E-state index in [1.807, 2.05) is 122 Å². The Labute approximate surface area is 309 Å². The van der Waals surface area contributed by atoms with Crippen molar-refractivity contribution in [1.29, 1.82) is 0 Å². The number of amides is 2. The summed E-state index contributed by atoms with van der Waals surface area (Å²) in [6.45, 7) is 1.81. The van der Waals surface area contributed by atoms with Gasteiger partial charge in [0.2, 0.25) is 5.91 Å². The molecule has 5 aromatic carbocycles. The minimum Gasteiger partial charge on any atom is -0.468 e. The zero-order valence-corrected chi connectivity index (χ0v) is 29.8. The second kappa shape index (κ2) is 17.2. The molecule has 0 saturated heterocycles. The van der Waals surface area contributed by atoms with Gasteiger partial charge in [-0.05, 0) is 34.7 Å². The summed E-state index contributed by atoms with van der Waals surface area (Å²) < 4.78 is 12.6. The molecule has 6 aromatic rings. The number of hydrogen-bond donors (Lipinski definition) is 1. The fourth-order valence-corrected chi connectivity index (χ4v) is 6.52. The lowest BCUT2D eigenvalue weighted by atomic mass is 9.77. The van der Waals surface area contributed by atoms with Crippen LogP contribution in [-0.2, 0) is 44.2 Å². The number of hydrogen-bond acceptors (Lipinski definition) is 6. The minimum absolute atomic E-state index is 0.0190. The molecule has 0 saturated carbocycles. The van der Waals surface area contributed by atoms with Crippen LogP contribution in [0.4, 0.5) is 4.79 Å². The quantitative estimate of drug-likeness (QED) is 0.0961. The van der Waals surface area contributed by atoms with E-state index in [-0.39, 0.29) is 26.1 Å². The Morgan fingerprint density at radius 3 is 1.79 bits per heavy atom. The molecule has 0 radical (unpaired) electrons. The van der Waals surface area contributed by atoms with Gasteiger partial charge in [0, 0.05) is 19.2 Å². The third-order valence-electron chi connectivity index (χ3n) is 9.17. The number of methoxy groups -OCH3 is 1. The number of aromatic nitrogens is 2. The van der Waals surface area contributed by atoms with Gasteiger partial charge in [-0.25, -0.2) is 9.78 Å². The monoisotopic (exact) mass is 706 g/mol. The number of aryl methyl sites for hydroxylation is 1. The predicted molar refractivity (Wildman–Crippen MR) is 203 cm³/mol. The lowest BCUT2D eigenvalue weighted by molar-refractivity contribution is -0.148. The number of nitrogens with one attached hydrogen (secondary N) is 1. The Hall–Kier alpha value is -6.48. The lowest BCUT2D eigenvalue weighted by Crippen LogP contribution is -2.51. The molecule has 0 unspecified atom stereocenters. The van der Waals surface area contributed by atoms with Crippen LogP contribution in [0.1, 0.15) is 39.1 Å². The van der Waals surface area contributed by atoms with E-state index >= 15 is 0 Å². The highest BCUT2D eigenvalue weighted by molar-refractivity contribution is 5.88. The first-order chi connectivity index (χ1) is 25.9. The van der Waals surface area contributed by atoms with Crippen molar-refractivity contribution in [3.63, 3.8) is 0 Å². The number of rotatable bonds is 14. The number of benzene rings is 5. The first-order valence-electron chi connectivity index (χ1n) is 17.4. The number of carbonyl (C=O) groups is 3. The van der Waals surface area contributed by atoms with E-state index in [2.05, 4.69) is 46.3 Å². The largest absolute Gasteiger partial charge is 0.468 e. The molecule has 1 heterocycles. The number of ether oxygens (including phenoxy) is 2. The molecule has 0 fully saturated rings. The van der Waals surface area contributed by atoms with Crippen molar-refractivity contribution >= 4 is 18.0 Å². The molecule has 1 aromatic heterocycles. The number of esters is 1. The van der Waals surface area contributed by atoms with Crippen LogP contribution in [0.5, 0.6) is 0 Å². The minimum atomic E-state index is -1.13. The molecule has 2 amide bonds. The van der Waals surface area contributed by atoms with Gasteiger partial charge >= 0.3 is 12.1 Å². The van der Waals surface area contributed by atoms with E-state index in [0.717, 1.165) is 33.4 Å².